The van der Waals surface area contributed by atoms with E-state index < -0.39 is 0 Å². The lowest BCUT2D eigenvalue weighted by atomic mass is 10.1. The maximum absolute atomic E-state index is 14.4. The summed E-state index contributed by atoms with van der Waals surface area (Å²) in [4.78, 5) is 6.25. The van der Waals surface area contributed by atoms with Gasteiger partial charge in [-0.3, -0.25) is 0 Å². The molecule has 0 aliphatic rings. The Kier molecular flexibility index (Phi) is 5.54. The van der Waals surface area contributed by atoms with E-state index in [4.69, 9.17) is 0 Å². The second-order valence-corrected chi connectivity index (χ2v) is 5.28. The molecule has 0 unspecified atom stereocenters. The van der Waals surface area contributed by atoms with Crippen molar-refractivity contribution in [3.05, 3.63) is 23.6 Å². The molecule has 3 nitrogen and oxygen atoms in total. The van der Waals surface area contributed by atoms with Gasteiger partial charge in [-0.15, -0.1) is 0 Å². The highest BCUT2D eigenvalue weighted by Gasteiger charge is 2.19. The molecule has 18 heavy (non-hydrogen) atoms. The lowest BCUT2D eigenvalue weighted by molar-refractivity contribution is 0.535. The SMILES string of the molecule is CNCc1ccnc(N(CC(C)C)C(C)C)c1F. The molecule has 0 radical (unpaired) electrons. The van der Waals surface area contributed by atoms with Gasteiger partial charge < -0.3 is 10.2 Å². The predicted octanol–water partition coefficient (Wildman–Crippen LogP) is 2.81. The molecule has 4 heteroatoms. The minimum Gasteiger partial charge on any atom is -0.351 e. The molecule has 1 aromatic rings. The molecule has 0 aliphatic carbocycles. The summed E-state index contributed by atoms with van der Waals surface area (Å²) in [6.07, 6.45) is 1.68. The van der Waals surface area contributed by atoms with Gasteiger partial charge in [0.2, 0.25) is 0 Å². The van der Waals surface area contributed by atoms with E-state index in [0.717, 1.165) is 6.54 Å². The summed E-state index contributed by atoms with van der Waals surface area (Å²) in [5.74, 6) is 0.731. The third kappa shape index (κ3) is 3.67. The summed E-state index contributed by atoms with van der Waals surface area (Å²) in [5, 5.41) is 2.97. The van der Waals surface area contributed by atoms with Crippen LogP contribution in [-0.4, -0.2) is 24.6 Å². The maximum atomic E-state index is 14.4. The van der Waals surface area contributed by atoms with Gasteiger partial charge in [0.25, 0.3) is 0 Å². The first-order chi connectivity index (χ1) is 8.47. The van der Waals surface area contributed by atoms with Crippen LogP contribution in [0.15, 0.2) is 12.3 Å². The Morgan fingerprint density at radius 1 is 1.33 bits per heavy atom. The van der Waals surface area contributed by atoms with Crippen LogP contribution < -0.4 is 10.2 Å². The van der Waals surface area contributed by atoms with Crippen molar-refractivity contribution in [2.75, 3.05) is 18.5 Å². The fraction of sp³-hybridized carbons (Fsp3) is 0.643. The van der Waals surface area contributed by atoms with E-state index >= 15 is 0 Å². The first kappa shape index (κ1) is 14.9. The Morgan fingerprint density at radius 2 is 2.00 bits per heavy atom. The van der Waals surface area contributed by atoms with Gasteiger partial charge in [0.15, 0.2) is 11.6 Å². The zero-order valence-corrected chi connectivity index (χ0v) is 12.0. The van der Waals surface area contributed by atoms with Crippen molar-refractivity contribution in [1.29, 1.82) is 0 Å². The molecular weight excluding hydrogens is 229 g/mol. The summed E-state index contributed by atoms with van der Waals surface area (Å²) in [7, 11) is 1.81. The number of rotatable bonds is 6. The minimum atomic E-state index is -0.207. The Labute approximate surface area is 109 Å². The van der Waals surface area contributed by atoms with Gasteiger partial charge in [0, 0.05) is 30.9 Å². The topological polar surface area (TPSA) is 28.2 Å². The number of aromatic nitrogens is 1. The van der Waals surface area contributed by atoms with Gasteiger partial charge in [-0.05, 0) is 32.9 Å². The van der Waals surface area contributed by atoms with Crippen LogP contribution in [0.1, 0.15) is 33.3 Å². The molecule has 0 spiro atoms. The monoisotopic (exact) mass is 253 g/mol. The predicted molar refractivity (Wildman–Crippen MR) is 74.3 cm³/mol. The molecule has 0 amide bonds. The van der Waals surface area contributed by atoms with Crippen LogP contribution in [0.2, 0.25) is 0 Å². The number of anilines is 1. The van der Waals surface area contributed by atoms with E-state index in [1.165, 1.54) is 0 Å². The first-order valence-corrected chi connectivity index (χ1v) is 6.52. The largest absolute Gasteiger partial charge is 0.351 e. The second-order valence-electron chi connectivity index (χ2n) is 5.28. The highest BCUT2D eigenvalue weighted by atomic mass is 19.1. The fourth-order valence-corrected chi connectivity index (χ4v) is 1.93. The Hall–Kier alpha value is -1.16. The van der Waals surface area contributed by atoms with Crippen molar-refractivity contribution in [1.82, 2.24) is 10.3 Å². The van der Waals surface area contributed by atoms with Crippen LogP contribution in [0.4, 0.5) is 10.2 Å². The standard InChI is InChI=1S/C14H24FN3/c1-10(2)9-18(11(3)4)14-13(15)12(8-16-5)6-7-17-14/h6-7,10-11,16H,8-9H2,1-5H3. The van der Waals surface area contributed by atoms with Gasteiger partial charge in [-0.25, -0.2) is 9.37 Å². The summed E-state index contributed by atoms with van der Waals surface area (Å²) < 4.78 is 14.4. The third-order valence-corrected chi connectivity index (χ3v) is 2.78. The molecule has 1 N–H and O–H groups in total. The molecule has 0 aliphatic heterocycles. The highest BCUT2D eigenvalue weighted by Crippen LogP contribution is 2.22. The first-order valence-electron chi connectivity index (χ1n) is 6.52. The molecular formula is C14H24FN3. The zero-order chi connectivity index (χ0) is 13.7. The molecule has 0 saturated carbocycles. The lowest BCUT2D eigenvalue weighted by Gasteiger charge is -2.30. The summed E-state index contributed by atoms with van der Waals surface area (Å²) in [5.41, 5.74) is 0.664. The highest BCUT2D eigenvalue weighted by molar-refractivity contribution is 5.44. The smallest absolute Gasteiger partial charge is 0.170 e. The number of nitrogens with zero attached hydrogens (tertiary/aromatic N) is 2. The van der Waals surface area contributed by atoms with Gasteiger partial charge in [-0.2, -0.15) is 0 Å². The lowest BCUT2D eigenvalue weighted by Crippen LogP contribution is -2.35. The molecule has 0 saturated heterocycles. The van der Waals surface area contributed by atoms with Crippen molar-refractivity contribution in [3.63, 3.8) is 0 Å². The number of hydrogen-bond acceptors (Lipinski definition) is 3. The number of hydrogen-bond donors (Lipinski definition) is 1. The Bertz CT molecular complexity index is 377. The van der Waals surface area contributed by atoms with E-state index in [1.807, 2.05) is 11.9 Å². The molecule has 0 aromatic carbocycles. The summed E-state index contributed by atoms with van der Waals surface area (Å²) in [6, 6.07) is 1.96. The van der Waals surface area contributed by atoms with Crippen molar-refractivity contribution < 1.29 is 4.39 Å². The normalized spacial score (nSPS) is 11.3. The number of halogens is 1. The Balaban J connectivity index is 3.08. The van der Waals surface area contributed by atoms with Crippen molar-refractivity contribution in [2.45, 2.75) is 40.3 Å². The molecule has 1 heterocycles. The summed E-state index contributed by atoms with van der Waals surface area (Å²) in [6.45, 7) is 9.72. The number of nitrogens with one attached hydrogen (secondary N) is 1. The molecule has 0 fully saturated rings. The zero-order valence-electron chi connectivity index (χ0n) is 12.0. The van der Waals surface area contributed by atoms with Crippen LogP contribution >= 0.6 is 0 Å². The number of pyridine rings is 1. The minimum absolute atomic E-state index is 0.207. The van der Waals surface area contributed by atoms with Gasteiger partial charge in [0.05, 0.1) is 0 Å². The maximum Gasteiger partial charge on any atom is 0.170 e. The molecule has 1 rings (SSSR count). The molecule has 0 bridgehead atoms. The van der Waals surface area contributed by atoms with E-state index in [2.05, 4.69) is 38.0 Å². The van der Waals surface area contributed by atoms with Gasteiger partial charge in [-0.1, -0.05) is 13.8 Å². The molecule has 1 aromatic heterocycles. The van der Waals surface area contributed by atoms with Crippen molar-refractivity contribution >= 4 is 5.82 Å². The van der Waals surface area contributed by atoms with E-state index in [9.17, 15) is 4.39 Å². The Morgan fingerprint density at radius 3 is 2.50 bits per heavy atom. The van der Waals surface area contributed by atoms with Crippen LogP contribution in [0.5, 0.6) is 0 Å². The fourth-order valence-electron chi connectivity index (χ4n) is 1.93. The van der Waals surface area contributed by atoms with E-state index in [0.29, 0.717) is 23.8 Å². The quantitative estimate of drug-likeness (QED) is 0.845. The van der Waals surface area contributed by atoms with Crippen molar-refractivity contribution in [2.24, 2.45) is 5.92 Å². The van der Waals surface area contributed by atoms with Crippen LogP contribution in [0, 0.1) is 11.7 Å². The van der Waals surface area contributed by atoms with E-state index in [1.54, 1.807) is 12.3 Å². The van der Waals surface area contributed by atoms with Gasteiger partial charge >= 0.3 is 0 Å². The van der Waals surface area contributed by atoms with Crippen LogP contribution in [0.25, 0.3) is 0 Å². The van der Waals surface area contributed by atoms with Crippen LogP contribution in [-0.2, 0) is 6.54 Å². The van der Waals surface area contributed by atoms with Crippen molar-refractivity contribution in [3.8, 4) is 0 Å². The summed E-state index contributed by atoms with van der Waals surface area (Å²) >= 11 is 0. The third-order valence-electron chi connectivity index (χ3n) is 2.78. The second kappa shape index (κ2) is 6.69. The molecule has 102 valence electrons. The van der Waals surface area contributed by atoms with E-state index in [-0.39, 0.29) is 11.9 Å². The van der Waals surface area contributed by atoms with Crippen LogP contribution in [0.3, 0.4) is 0 Å². The average molecular weight is 253 g/mol. The average Bonchev–Trinajstić information content (AvgIpc) is 2.29. The van der Waals surface area contributed by atoms with Gasteiger partial charge in [0.1, 0.15) is 0 Å². The molecule has 0 atom stereocenters.